The SMILES string of the molecule is NS(=O)(=O)c1ccccc1NC(=S)N=Nc1c(O)n(Cc2cccc3ccccc23)c2cc(F)ccc12. The molecular formula is C26H20FN5O3S2. The van der Waals surface area contributed by atoms with Crippen molar-refractivity contribution in [3.63, 3.8) is 0 Å². The number of hydrogen-bond acceptors (Lipinski definition) is 5. The second-order valence-electron chi connectivity index (χ2n) is 8.23. The molecule has 11 heteroatoms. The monoisotopic (exact) mass is 533 g/mol. The molecule has 1 aromatic heterocycles. The van der Waals surface area contributed by atoms with E-state index >= 15 is 0 Å². The number of benzene rings is 4. The Morgan fingerprint density at radius 2 is 1.73 bits per heavy atom. The van der Waals surface area contributed by atoms with Gasteiger partial charge in [0.05, 0.1) is 17.7 Å². The summed E-state index contributed by atoms with van der Waals surface area (Å²) < 4.78 is 39.4. The lowest BCUT2D eigenvalue weighted by atomic mass is 10.0. The first-order chi connectivity index (χ1) is 17.7. The van der Waals surface area contributed by atoms with Crippen LogP contribution < -0.4 is 10.5 Å². The summed E-state index contributed by atoms with van der Waals surface area (Å²) in [5.74, 6) is -0.686. The molecule has 5 rings (SSSR count). The Kier molecular flexibility index (Phi) is 6.42. The van der Waals surface area contributed by atoms with E-state index in [0.29, 0.717) is 10.9 Å². The third kappa shape index (κ3) is 4.92. The Morgan fingerprint density at radius 3 is 2.54 bits per heavy atom. The number of primary sulfonamides is 1. The van der Waals surface area contributed by atoms with Gasteiger partial charge in [0.15, 0.2) is 5.69 Å². The Morgan fingerprint density at radius 1 is 1.00 bits per heavy atom. The molecular weight excluding hydrogens is 513 g/mol. The first kappa shape index (κ1) is 24.5. The van der Waals surface area contributed by atoms with Gasteiger partial charge in [-0.3, -0.25) is 0 Å². The van der Waals surface area contributed by atoms with Gasteiger partial charge in [-0.25, -0.2) is 17.9 Å². The quantitative estimate of drug-likeness (QED) is 0.194. The van der Waals surface area contributed by atoms with Crippen LogP contribution in [0.5, 0.6) is 5.88 Å². The van der Waals surface area contributed by atoms with Crippen LogP contribution in [0.1, 0.15) is 5.56 Å². The van der Waals surface area contributed by atoms with Crippen molar-refractivity contribution >= 4 is 60.4 Å². The van der Waals surface area contributed by atoms with Crippen molar-refractivity contribution in [1.82, 2.24) is 4.57 Å². The molecule has 37 heavy (non-hydrogen) atoms. The van der Waals surface area contributed by atoms with Crippen LogP contribution in [-0.4, -0.2) is 23.2 Å². The highest BCUT2D eigenvalue weighted by Crippen LogP contribution is 2.40. The first-order valence-corrected chi connectivity index (χ1v) is 13.0. The molecule has 0 saturated carbocycles. The Labute approximate surface area is 216 Å². The molecule has 0 saturated heterocycles. The van der Waals surface area contributed by atoms with Gasteiger partial charge in [-0.2, -0.15) is 0 Å². The van der Waals surface area contributed by atoms with Crippen LogP contribution in [-0.2, 0) is 16.6 Å². The van der Waals surface area contributed by atoms with Gasteiger partial charge in [0.25, 0.3) is 0 Å². The zero-order valence-corrected chi connectivity index (χ0v) is 20.8. The van der Waals surface area contributed by atoms with Gasteiger partial charge in [-0.1, -0.05) is 54.6 Å². The van der Waals surface area contributed by atoms with Gasteiger partial charge in [0.1, 0.15) is 10.7 Å². The molecule has 0 bridgehead atoms. The molecule has 8 nitrogen and oxygen atoms in total. The van der Waals surface area contributed by atoms with Gasteiger partial charge < -0.3 is 15.0 Å². The molecule has 0 aliphatic carbocycles. The standard InChI is InChI=1S/C26H20FN5O3S2/c27-18-12-13-20-22(14-18)32(15-17-8-5-7-16-6-1-2-9-19(16)17)25(33)24(20)30-31-26(36)29-21-10-3-4-11-23(21)37(28,34)35/h1-14,33H,15H2,(H,29,36)(H2,28,34,35). The fourth-order valence-corrected chi connectivity index (χ4v) is 5.05. The zero-order valence-electron chi connectivity index (χ0n) is 19.2. The van der Waals surface area contributed by atoms with Crippen LogP contribution in [0.4, 0.5) is 15.8 Å². The first-order valence-electron chi connectivity index (χ1n) is 11.0. The van der Waals surface area contributed by atoms with Crippen LogP contribution in [0.3, 0.4) is 0 Å². The molecule has 4 aromatic carbocycles. The minimum Gasteiger partial charge on any atom is -0.493 e. The largest absolute Gasteiger partial charge is 0.493 e. The third-order valence-electron chi connectivity index (χ3n) is 5.86. The number of halogens is 1. The predicted octanol–water partition coefficient (Wildman–Crippen LogP) is 5.82. The number of nitrogens with two attached hydrogens (primary N) is 1. The molecule has 186 valence electrons. The van der Waals surface area contributed by atoms with E-state index in [-0.39, 0.29) is 33.8 Å². The lowest BCUT2D eigenvalue weighted by Gasteiger charge is -2.10. The number of fused-ring (bicyclic) bond motifs is 2. The number of anilines is 1. The van der Waals surface area contributed by atoms with Crippen molar-refractivity contribution in [2.24, 2.45) is 15.4 Å². The number of azo groups is 1. The number of sulfonamides is 1. The number of para-hydroxylation sites is 1. The van der Waals surface area contributed by atoms with Crippen molar-refractivity contribution in [2.75, 3.05) is 5.32 Å². The fraction of sp³-hybridized carbons (Fsp3) is 0.0385. The molecule has 1 heterocycles. The number of aromatic hydroxyl groups is 1. The second-order valence-corrected chi connectivity index (χ2v) is 10.1. The highest BCUT2D eigenvalue weighted by molar-refractivity contribution is 7.89. The summed E-state index contributed by atoms with van der Waals surface area (Å²) in [6.07, 6.45) is 0. The molecule has 0 radical (unpaired) electrons. The molecule has 0 aliphatic heterocycles. The van der Waals surface area contributed by atoms with Gasteiger partial charge in [-0.15, -0.1) is 10.2 Å². The smallest absolute Gasteiger partial charge is 0.240 e. The maximum Gasteiger partial charge on any atom is 0.240 e. The molecule has 0 unspecified atom stereocenters. The number of nitrogens with zero attached hydrogens (tertiary/aromatic N) is 3. The average molecular weight is 534 g/mol. The summed E-state index contributed by atoms with van der Waals surface area (Å²) in [6.45, 7) is 0.257. The van der Waals surface area contributed by atoms with E-state index in [0.717, 1.165) is 16.3 Å². The predicted molar refractivity (Wildman–Crippen MR) is 145 cm³/mol. The minimum absolute atomic E-state index is 0.0964. The number of hydrogen-bond donors (Lipinski definition) is 3. The van der Waals surface area contributed by atoms with Gasteiger partial charge in [0.2, 0.25) is 21.0 Å². The van der Waals surface area contributed by atoms with E-state index in [1.807, 2.05) is 42.5 Å². The number of nitrogens with one attached hydrogen (secondary N) is 1. The molecule has 0 fully saturated rings. The van der Waals surface area contributed by atoms with E-state index < -0.39 is 15.8 Å². The highest BCUT2D eigenvalue weighted by atomic mass is 32.2. The molecule has 0 amide bonds. The van der Waals surface area contributed by atoms with Gasteiger partial charge in [0, 0.05) is 5.39 Å². The molecule has 0 spiro atoms. The lowest BCUT2D eigenvalue weighted by molar-refractivity contribution is 0.430. The van der Waals surface area contributed by atoms with Crippen molar-refractivity contribution in [3.05, 3.63) is 96.3 Å². The van der Waals surface area contributed by atoms with Gasteiger partial charge in [-0.05, 0) is 58.9 Å². The minimum atomic E-state index is -4.00. The lowest BCUT2D eigenvalue weighted by Crippen LogP contribution is -2.16. The average Bonchev–Trinajstić information content (AvgIpc) is 3.12. The van der Waals surface area contributed by atoms with Crippen molar-refractivity contribution in [1.29, 1.82) is 0 Å². The van der Waals surface area contributed by atoms with E-state index in [9.17, 15) is 17.9 Å². The maximum absolute atomic E-state index is 14.2. The Hall–Kier alpha value is -4.19. The summed E-state index contributed by atoms with van der Waals surface area (Å²) in [5, 5.41) is 29.5. The van der Waals surface area contributed by atoms with Crippen LogP contribution in [0.25, 0.3) is 21.7 Å². The molecule has 0 atom stereocenters. The van der Waals surface area contributed by atoms with E-state index in [1.54, 1.807) is 10.6 Å². The Bertz CT molecular complexity index is 1810. The van der Waals surface area contributed by atoms with Crippen LogP contribution in [0, 0.1) is 5.82 Å². The summed E-state index contributed by atoms with van der Waals surface area (Å²) >= 11 is 5.21. The van der Waals surface area contributed by atoms with Crippen molar-refractivity contribution < 1.29 is 17.9 Å². The van der Waals surface area contributed by atoms with E-state index in [1.165, 1.54) is 36.4 Å². The molecule has 5 aromatic rings. The van der Waals surface area contributed by atoms with Crippen LogP contribution in [0.15, 0.2) is 100 Å². The maximum atomic E-state index is 14.2. The molecule has 4 N–H and O–H groups in total. The van der Waals surface area contributed by atoms with E-state index in [2.05, 4.69) is 15.5 Å². The molecule has 0 aliphatic rings. The van der Waals surface area contributed by atoms with E-state index in [4.69, 9.17) is 17.4 Å². The van der Waals surface area contributed by atoms with Crippen LogP contribution in [0.2, 0.25) is 0 Å². The topological polar surface area (TPSA) is 122 Å². The van der Waals surface area contributed by atoms with Crippen molar-refractivity contribution in [2.45, 2.75) is 11.4 Å². The number of rotatable bonds is 5. The van der Waals surface area contributed by atoms with Crippen LogP contribution >= 0.6 is 12.2 Å². The summed E-state index contributed by atoms with van der Waals surface area (Å²) in [5.41, 5.74) is 1.59. The summed E-state index contributed by atoms with van der Waals surface area (Å²) in [6, 6.07) is 23.7. The van der Waals surface area contributed by atoms with Gasteiger partial charge >= 0.3 is 0 Å². The number of aromatic nitrogens is 1. The zero-order chi connectivity index (χ0) is 26.2. The summed E-state index contributed by atoms with van der Waals surface area (Å²) in [7, 11) is -4.00. The highest BCUT2D eigenvalue weighted by Gasteiger charge is 2.19. The summed E-state index contributed by atoms with van der Waals surface area (Å²) in [4.78, 5) is -0.155. The second kappa shape index (κ2) is 9.69. The van der Waals surface area contributed by atoms with Crippen molar-refractivity contribution in [3.8, 4) is 5.88 Å². The number of thiocarbonyl (C=S) groups is 1. The third-order valence-corrected chi connectivity index (χ3v) is 7.01. The fourth-order valence-electron chi connectivity index (χ4n) is 4.20. The Balaban J connectivity index is 1.52. The normalized spacial score (nSPS) is 11.9.